The van der Waals surface area contributed by atoms with E-state index >= 15 is 0 Å². The number of carbonyl (C=O) groups is 2. The molecule has 0 aliphatic heterocycles. The minimum Gasteiger partial charge on any atom is -0.507 e. The highest BCUT2D eigenvalue weighted by Gasteiger charge is 2.17. The smallest absolute Gasteiger partial charge is 0.287 e. The van der Waals surface area contributed by atoms with Gasteiger partial charge in [0.25, 0.3) is 11.8 Å². The predicted octanol–water partition coefficient (Wildman–Crippen LogP) is 5.24. The Labute approximate surface area is 230 Å². The zero-order valence-corrected chi connectivity index (χ0v) is 23.3. The first-order chi connectivity index (χ1) is 18.2. The van der Waals surface area contributed by atoms with E-state index in [1.807, 2.05) is 24.3 Å². The van der Waals surface area contributed by atoms with E-state index in [2.05, 4.69) is 50.5 Å². The van der Waals surface area contributed by atoms with Crippen molar-refractivity contribution in [3.63, 3.8) is 0 Å². The minimum atomic E-state index is -0.648. The first kappa shape index (κ1) is 28.5. The van der Waals surface area contributed by atoms with Crippen LogP contribution in [-0.4, -0.2) is 41.3 Å². The Morgan fingerprint density at radius 2 is 1.58 bits per heavy atom. The summed E-state index contributed by atoms with van der Waals surface area (Å²) in [5.74, 6) is -1.31. The van der Waals surface area contributed by atoms with Gasteiger partial charge in [-0.15, -0.1) is 0 Å². The van der Waals surface area contributed by atoms with Crippen molar-refractivity contribution in [1.29, 1.82) is 0 Å². The molecule has 3 aromatic carbocycles. The second-order valence-corrected chi connectivity index (χ2v) is 9.31. The highest BCUT2D eigenvalue weighted by Crippen LogP contribution is 2.39. The van der Waals surface area contributed by atoms with Crippen LogP contribution in [0.2, 0.25) is 0 Å². The Morgan fingerprint density at radius 3 is 2.18 bits per heavy atom. The molecular formula is C29H31BrN4O4. The van der Waals surface area contributed by atoms with Crippen molar-refractivity contribution in [2.45, 2.75) is 27.7 Å². The first-order valence-corrected chi connectivity index (χ1v) is 12.9. The zero-order chi connectivity index (χ0) is 27.8. The molecule has 0 saturated carbocycles. The maximum absolute atomic E-state index is 13.1. The minimum absolute atomic E-state index is 0.00407. The summed E-state index contributed by atoms with van der Waals surface area (Å²) in [7, 11) is 0. The number of anilines is 1. The Bertz CT molecular complexity index is 1340. The molecule has 0 aliphatic rings. The van der Waals surface area contributed by atoms with Gasteiger partial charge in [0.2, 0.25) is 0 Å². The van der Waals surface area contributed by atoms with E-state index in [1.165, 1.54) is 6.21 Å². The van der Waals surface area contributed by atoms with Crippen LogP contribution in [0.4, 0.5) is 5.69 Å². The predicted molar refractivity (Wildman–Crippen MR) is 155 cm³/mol. The van der Waals surface area contributed by atoms with Gasteiger partial charge in [-0.2, -0.15) is 5.10 Å². The fraction of sp³-hybridized carbons (Fsp3) is 0.207. The molecule has 0 spiro atoms. The molecule has 0 saturated heterocycles. The van der Waals surface area contributed by atoms with Crippen molar-refractivity contribution in [1.82, 2.24) is 10.7 Å². The van der Waals surface area contributed by atoms with E-state index in [1.54, 1.807) is 50.3 Å². The third kappa shape index (κ3) is 6.60. The summed E-state index contributed by atoms with van der Waals surface area (Å²) in [5, 5.41) is 27.2. The van der Waals surface area contributed by atoms with Crippen LogP contribution in [0.5, 0.6) is 11.5 Å². The van der Waals surface area contributed by atoms with Gasteiger partial charge in [0.05, 0.1) is 10.7 Å². The number of phenols is 2. The van der Waals surface area contributed by atoms with Gasteiger partial charge in [-0.3, -0.25) is 9.59 Å². The van der Waals surface area contributed by atoms with Crippen LogP contribution in [0.15, 0.2) is 69.9 Å². The summed E-state index contributed by atoms with van der Waals surface area (Å²) < 4.78 is 0.421. The highest BCUT2D eigenvalue weighted by molar-refractivity contribution is 9.10. The summed E-state index contributed by atoms with van der Waals surface area (Å²) >= 11 is 3.30. The number of aromatic hydroxyl groups is 2. The van der Waals surface area contributed by atoms with Gasteiger partial charge in [-0.05, 0) is 85.1 Å². The van der Waals surface area contributed by atoms with Gasteiger partial charge in [-0.1, -0.05) is 30.3 Å². The number of halogens is 1. The lowest BCUT2D eigenvalue weighted by molar-refractivity contribution is -0.117. The fourth-order valence-electron chi connectivity index (χ4n) is 3.81. The van der Waals surface area contributed by atoms with Crippen LogP contribution >= 0.6 is 15.9 Å². The number of rotatable bonds is 9. The number of carbonyl (C=O) groups excluding carboxylic acids is 2. The molecule has 0 heterocycles. The van der Waals surface area contributed by atoms with Crippen molar-refractivity contribution in [2.75, 3.05) is 18.0 Å². The summed E-state index contributed by atoms with van der Waals surface area (Å²) in [6.07, 6.45) is 2.86. The van der Waals surface area contributed by atoms with E-state index in [0.29, 0.717) is 21.2 Å². The first-order valence-electron chi connectivity index (χ1n) is 12.1. The second-order valence-electron chi connectivity index (χ2n) is 8.52. The largest absolute Gasteiger partial charge is 0.507 e. The maximum Gasteiger partial charge on any atom is 0.287 e. The number of hydrogen-bond acceptors (Lipinski definition) is 6. The lowest BCUT2D eigenvalue weighted by Crippen LogP contribution is -2.32. The molecule has 38 heavy (non-hydrogen) atoms. The van der Waals surface area contributed by atoms with Crippen molar-refractivity contribution in [3.05, 3.63) is 92.6 Å². The summed E-state index contributed by atoms with van der Waals surface area (Å²) in [4.78, 5) is 28.1. The van der Waals surface area contributed by atoms with Gasteiger partial charge in [0.15, 0.2) is 0 Å². The molecule has 0 bridgehead atoms. The van der Waals surface area contributed by atoms with Crippen LogP contribution < -0.4 is 15.6 Å². The van der Waals surface area contributed by atoms with Gasteiger partial charge in [0, 0.05) is 35.5 Å². The SMILES string of the molecule is CCN(CC)c1ccc(/C=C(/NC(=O)c2ccccc2)C(=O)N/N=C\c2c(C)c(Br)c(O)c(C)c2O)cc1. The number of benzene rings is 3. The molecule has 0 fully saturated rings. The average molecular weight is 579 g/mol. The van der Waals surface area contributed by atoms with Crippen molar-refractivity contribution >= 4 is 45.7 Å². The van der Waals surface area contributed by atoms with E-state index < -0.39 is 11.8 Å². The lowest BCUT2D eigenvalue weighted by atomic mass is 10.0. The molecule has 3 aromatic rings. The second kappa shape index (κ2) is 12.9. The third-order valence-corrected chi connectivity index (χ3v) is 7.10. The molecule has 4 N–H and O–H groups in total. The maximum atomic E-state index is 13.1. The van der Waals surface area contributed by atoms with Crippen LogP contribution in [0, 0.1) is 13.8 Å². The van der Waals surface area contributed by atoms with Crippen LogP contribution in [0.1, 0.15) is 46.5 Å². The van der Waals surface area contributed by atoms with Crippen molar-refractivity contribution < 1.29 is 19.8 Å². The Kier molecular flexibility index (Phi) is 9.67. The van der Waals surface area contributed by atoms with E-state index in [-0.39, 0.29) is 22.8 Å². The number of hydrazone groups is 1. The van der Waals surface area contributed by atoms with Crippen LogP contribution in [-0.2, 0) is 4.79 Å². The normalized spacial score (nSPS) is 11.4. The van der Waals surface area contributed by atoms with Crippen LogP contribution in [0.25, 0.3) is 6.08 Å². The third-order valence-electron chi connectivity index (χ3n) is 6.13. The standard InChI is InChI=1S/C29H31BrN4O4/c1-5-34(6-2)22-14-12-20(13-15-22)16-24(32-28(37)21-10-8-7-9-11-21)29(38)33-31-17-23-18(3)25(30)27(36)19(4)26(23)35/h7-17,35-36H,5-6H2,1-4H3,(H,32,37)(H,33,38)/b24-16+,31-17-. The average Bonchev–Trinajstić information content (AvgIpc) is 2.94. The molecule has 0 aliphatic carbocycles. The Morgan fingerprint density at radius 1 is 0.947 bits per heavy atom. The van der Waals surface area contributed by atoms with E-state index in [0.717, 1.165) is 24.3 Å². The van der Waals surface area contributed by atoms with Gasteiger partial charge < -0.3 is 20.4 Å². The van der Waals surface area contributed by atoms with Gasteiger partial charge in [-0.25, -0.2) is 5.43 Å². The summed E-state index contributed by atoms with van der Waals surface area (Å²) in [6.45, 7) is 9.17. The molecule has 8 nitrogen and oxygen atoms in total. The van der Waals surface area contributed by atoms with Gasteiger partial charge in [0.1, 0.15) is 17.2 Å². The van der Waals surface area contributed by atoms with Crippen molar-refractivity contribution in [3.8, 4) is 11.5 Å². The fourth-order valence-corrected chi connectivity index (χ4v) is 4.32. The molecule has 9 heteroatoms. The topological polar surface area (TPSA) is 114 Å². The molecule has 0 aromatic heterocycles. The Balaban J connectivity index is 1.89. The monoisotopic (exact) mass is 578 g/mol. The lowest BCUT2D eigenvalue weighted by Gasteiger charge is -2.21. The Hall–Kier alpha value is -4.11. The molecule has 0 atom stereocenters. The quantitative estimate of drug-likeness (QED) is 0.157. The number of amides is 2. The number of nitrogens with zero attached hydrogens (tertiary/aromatic N) is 2. The summed E-state index contributed by atoms with van der Waals surface area (Å²) in [6, 6.07) is 16.2. The molecule has 0 unspecified atom stereocenters. The van der Waals surface area contributed by atoms with Gasteiger partial charge >= 0.3 is 0 Å². The van der Waals surface area contributed by atoms with Crippen molar-refractivity contribution in [2.24, 2.45) is 5.10 Å². The molecule has 3 rings (SSSR count). The van der Waals surface area contributed by atoms with E-state index in [4.69, 9.17) is 0 Å². The molecule has 2 amide bonds. The number of phenolic OH excluding ortho intramolecular Hbond substituents is 2. The number of nitrogens with one attached hydrogen (secondary N) is 2. The van der Waals surface area contributed by atoms with E-state index in [9.17, 15) is 19.8 Å². The molecular weight excluding hydrogens is 548 g/mol. The molecule has 198 valence electrons. The molecule has 0 radical (unpaired) electrons. The highest BCUT2D eigenvalue weighted by atomic mass is 79.9. The van der Waals surface area contributed by atoms with Crippen LogP contribution in [0.3, 0.4) is 0 Å². The summed E-state index contributed by atoms with van der Waals surface area (Å²) in [5.41, 5.74) is 5.74. The number of hydrogen-bond donors (Lipinski definition) is 4. The zero-order valence-electron chi connectivity index (χ0n) is 21.7.